The maximum atomic E-state index is 13.3. The van der Waals surface area contributed by atoms with E-state index in [1.165, 1.54) is 26.2 Å². The van der Waals surface area contributed by atoms with Crippen molar-refractivity contribution in [1.29, 1.82) is 0 Å². The zero-order valence-electron chi connectivity index (χ0n) is 16.6. The fourth-order valence-corrected chi connectivity index (χ4v) is 4.56. The number of ether oxygens (including phenoxy) is 1. The second-order valence-corrected chi connectivity index (χ2v) is 8.15. The first-order chi connectivity index (χ1) is 13.6. The van der Waals surface area contributed by atoms with Crippen LogP contribution < -0.4 is 4.74 Å². The van der Waals surface area contributed by atoms with Crippen LogP contribution in [0.5, 0.6) is 5.75 Å². The van der Waals surface area contributed by atoms with Crippen molar-refractivity contribution >= 4 is 11.8 Å². The van der Waals surface area contributed by atoms with E-state index in [-0.39, 0.29) is 17.9 Å². The number of hydrogen-bond acceptors (Lipinski definition) is 5. The van der Waals surface area contributed by atoms with Crippen molar-refractivity contribution in [2.24, 2.45) is 0 Å². The van der Waals surface area contributed by atoms with E-state index in [4.69, 9.17) is 4.74 Å². The second-order valence-electron chi connectivity index (χ2n) is 8.15. The maximum Gasteiger partial charge on any atom is 0.245 e. The molecule has 0 spiro atoms. The first-order valence-electron chi connectivity index (χ1n) is 10.5. The monoisotopic (exact) mass is 386 g/mol. The molecule has 0 aromatic carbocycles. The van der Waals surface area contributed by atoms with Crippen molar-refractivity contribution < 1.29 is 14.3 Å². The Kier molecular flexibility index (Phi) is 5.80. The lowest BCUT2D eigenvalue weighted by atomic mass is 9.91. The van der Waals surface area contributed by atoms with E-state index in [9.17, 15) is 9.59 Å². The van der Waals surface area contributed by atoms with Gasteiger partial charge in [0.1, 0.15) is 17.9 Å². The molecule has 7 heteroatoms. The summed E-state index contributed by atoms with van der Waals surface area (Å²) < 4.78 is 6.01. The molecule has 1 saturated carbocycles. The van der Waals surface area contributed by atoms with Crippen LogP contribution in [0.15, 0.2) is 24.5 Å². The zero-order valence-corrected chi connectivity index (χ0v) is 16.6. The average Bonchev–Trinajstić information content (AvgIpc) is 2.92. The van der Waals surface area contributed by atoms with Crippen LogP contribution in [0.2, 0.25) is 0 Å². The van der Waals surface area contributed by atoms with Crippen molar-refractivity contribution in [3.05, 3.63) is 24.5 Å². The Morgan fingerprint density at radius 1 is 1.07 bits per heavy atom. The van der Waals surface area contributed by atoms with Crippen molar-refractivity contribution in [3.8, 4) is 5.75 Å². The summed E-state index contributed by atoms with van der Waals surface area (Å²) in [5, 5.41) is 0. The number of amides is 2. The first-order valence-corrected chi connectivity index (χ1v) is 10.5. The Hall–Kier alpha value is -2.15. The summed E-state index contributed by atoms with van der Waals surface area (Å²) in [7, 11) is 0. The Labute approximate surface area is 166 Å². The second kappa shape index (κ2) is 8.47. The highest BCUT2D eigenvalue weighted by Gasteiger charge is 2.41. The van der Waals surface area contributed by atoms with E-state index >= 15 is 0 Å². The number of likely N-dealkylation sites (tertiary alicyclic amines) is 1. The molecular formula is C21H30N4O3. The van der Waals surface area contributed by atoms with Gasteiger partial charge >= 0.3 is 0 Å². The summed E-state index contributed by atoms with van der Waals surface area (Å²) in [5.74, 6) is 0.735. The smallest absolute Gasteiger partial charge is 0.245 e. The van der Waals surface area contributed by atoms with Crippen LogP contribution in [-0.4, -0.2) is 82.4 Å². The Morgan fingerprint density at radius 3 is 2.54 bits per heavy atom. The van der Waals surface area contributed by atoms with E-state index in [0.717, 1.165) is 38.3 Å². The van der Waals surface area contributed by atoms with Crippen molar-refractivity contribution in [2.45, 2.75) is 57.2 Å². The minimum atomic E-state index is -0.417. The van der Waals surface area contributed by atoms with E-state index in [0.29, 0.717) is 19.0 Å². The molecule has 2 aliphatic heterocycles. The SMILES string of the molecule is CC(=O)N1CC(Oc2ccncc2)CC1C(=O)N1CCCN(C2CCC2)CC1. The highest BCUT2D eigenvalue weighted by atomic mass is 16.5. The fourth-order valence-electron chi connectivity index (χ4n) is 4.56. The molecule has 0 radical (unpaired) electrons. The molecular weight excluding hydrogens is 356 g/mol. The molecule has 2 atom stereocenters. The molecule has 2 amide bonds. The molecule has 2 unspecified atom stereocenters. The van der Waals surface area contributed by atoms with Gasteiger partial charge in [0.25, 0.3) is 0 Å². The van der Waals surface area contributed by atoms with Gasteiger partial charge in [0, 0.05) is 58.0 Å². The Morgan fingerprint density at radius 2 is 1.86 bits per heavy atom. The molecule has 1 aromatic rings. The van der Waals surface area contributed by atoms with Crippen LogP contribution in [0.1, 0.15) is 39.0 Å². The molecule has 0 N–H and O–H groups in total. The maximum absolute atomic E-state index is 13.3. The van der Waals surface area contributed by atoms with Crippen LogP contribution in [0.25, 0.3) is 0 Å². The van der Waals surface area contributed by atoms with Gasteiger partial charge in [-0.05, 0) is 31.4 Å². The lowest BCUT2D eigenvalue weighted by Crippen LogP contribution is -2.48. The highest BCUT2D eigenvalue weighted by Crippen LogP contribution is 2.27. The summed E-state index contributed by atoms with van der Waals surface area (Å²) in [4.78, 5) is 35.6. The summed E-state index contributed by atoms with van der Waals surface area (Å²) in [6, 6.07) is 3.90. The third-order valence-electron chi connectivity index (χ3n) is 6.34. The molecule has 2 saturated heterocycles. The summed E-state index contributed by atoms with van der Waals surface area (Å²) in [6.45, 7) is 5.54. The summed E-state index contributed by atoms with van der Waals surface area (Å²) >= 11 is 0. The minimum absolute atomic E-state index is 0.0647. The number of aromatic nitrogens is 1. The van der Waals surface area contributed by atoms with Gasteiger partial charge in [0.2, 0.25) is 11.8 Å². The van der Waals surface area contributed by atoms with Crippen LogP contribution in [-0.2, 0) is 9.59 Å². The average molecular weight is 386 g/mol. The molecule has 28 heavy (non-hydrogen) atoms. The molecule has 0 bridgehead atoms. The van der Waals surface area contributed by atoms with Crippen molar-refractivity contribution in [2.75, 3.05) is 32.7 Å². The van der Waals surface area contributed by atoms with E-state index in [1.807, 2.05) is 4.90 Å². The van der Waals surface area contributed by atoms with Crippen LogP contribution in [0.3, 0.4) is 0 Å². The quantitative estimate of drug-likeness (QED) is 0.785. The zero-order chi connectivity index (χ0) is 19.5. The third kappa shape index (κ3) is 4.14. The van der Waals surface area contributed by atoms with Crippen LogP contribution in [0.4, 0.5) is 0 Å². The molecule has 1 aromatic heterocycles. The van der Waals surface area contributed by atoms with Gasteiger partial charge in [0.05, 0.1) is 6.54 Å². The van der Waals surface area contributed by atoms with Gasteiger partial charge in [-0.3, -0.25) is 19.5 Å². The van der Waals surface area contributed by atoms with Gasteiger partial charge < -0.3 is 14.5 Å². The number of hydrogen-bond donors (Lipinski definition) is 0. The van der Waals surface area contributed by atoms with E-state index < -0.39 is 6.04 Å². The Bertz CT molecular complexity index is 694. The molecule has 152 valence electrons. The van der Waals surface area contributed by atoms with Crippen LogP contribution in [0, 0.1) is 0 Å². The summed E-state index contributed by atoms with van der Waals surface area (Å²) in [6.07, 6.45) is 8.67. The van der Waals surface area contributed by atoms with Gasteiger partial charge in [-0.15, -0.1) is 0 Å². The van der Waals surface area contributed by atoms with Gasteiger partial charge in [0.15, 0.2) is 0 Å². The highest BCUT2D eigenvalue weighted by molar-refractivity contribution is 5.87. The number of rotatable bonds is 4. The van der Waals surface area contributed by atoms with E-state index in [2.05, 4.69) is 9.88 Å². The minimum Gasteiger partial charge on any atom is -0.488 e. The van der Waals surface area contributed by atoms with Crippen LogP contribution >= 0.6 is 0 Å². The number of carbonyl (C=O) groups excluding carboxylic acids is 2. The topological polar surface area (TPSA) is 66.0 Å². The molecule has 7 nitrogen and oxygen atoms in total. The molecule has 4 rings (SSSR count). The molecule has 3 aliphatic rings. The molecule has 1 aliphatic carbocycles. The number of carbonyl (C=O) groups is 2. The predicted molar refractivity (Wildman–Crippen MR) is 105 cm³/mol. The van der Waals surface area contributed by atoms with Crippen molar-refractivity contribution in [1.82, 2.24) is 19.7 Å². The lowest BCUT2D eigenvalue weighted by molar-refractivity contribution is -0.142. The first kappa shape index (κ1) is 19.2. The van der Waals surface area contributed by atoms with Gasteiger partial charge in [-0.2, -0.15) is 0 Å². The fraction of sp³-hybridized carbons (Fsp3) is 0.667. The van der Waals surface area contributed by atoms with E-state index in [1.54, 1.807) is 29.4 Å². The Balaban J connectivity index is 1.39. The van der Waals surface area contributed by atoms with Gasteiger partial charge in [-0.25, -0.2) is 0 Å². The molecule has 3 fully saturated rings. The number of pyridine rings is 1. The standard InChI is InChI=1S/C21H30N4O3/c1-16(26)25-15-19(28-18-6-8-22-9-7-18)14-20(25)21(27)24-11-3-10-23(12-13-24)17-4-2-5-17/h6-9,17,19-20H,2-5,10-15H2,1H3. The number of nitrogens with zero attached hydrogens (tertiary/aromatic N) is 4. The lowest BCUT2D eigenvalue weighted by Gasteiger charge is -2.36. The third-order valence-corrected chi connectivity index (χ3v) is 6.34. The predicted octanol–water partition coefficient (Wildman–Crippen LogP) is 1.54. The normalized spacial score (nSPS) is 26.6. The molecule has 3 heterocycles. The summed E-state index contributed by atoms with van der Waals surface area (Å²) in [5.41, 5.74) is 0. The van der Waals surface area contributed by atoms with Crippen molar-refractivity contribution in [3.63, 3.8) is 0 Å². The van der Waals surface area contributed by atoms with Gasteiger partial charge in [-0.1, -0.05) is 6.42 Å². The largest absolute Gasteiger partial charge is 0.488 e.